The Morgan fingerprint density at radius 3 is 2.37 bits per heavy atom. The van der Waals surface area contributed by atoms with E-state index in [2.05, 4.69) is 5.32 Å². The second kappa shape index (κ2) is 10.2. The van der Waals surface area contributed by atoms with Crippen LogP contribution < -0.4 is 5.32 Å². The van der Waals surface area contributed by atoms with Gasteiger partial charge in [0.1, 0.15) is 4.90 Å². The SMILES string of the molecule is COC(=O)CC(NC(=O)c1ccc(Cl)c(S(=O)(=O)N(C)OC)c1)c1ccccc1Cl. The highest BCUT2D eigenvalue weighted by Crippen LogP contribution is 2.28. The zero-order chi connectivity index (χ0) is 22.5. The summed E-state index contributed by atoms with van der Waals surface area (Å²) in [7, 11) is -0.469. The summed E-state index contributed by atoms with van der Waals surface area (Å²) in [6.45, 7) is 0. The fourth-order valence-corrected chi connectivity index (χ4v) is 4.31. The number of nitrogens with one attached hydrogen (secondary N) is 1. The molecule has 2 rings (SSSR count). The van der Waals surface area contributed by atoms with Crippen LogP contribution in [0, 0.1) is 0 Å². The topological polar surface area (TPSA) is 102 Å². The molecule has 8 nitrogen and oxygen atoms in total. The third-order valence-electron chi connectivity index (χ3n) is 4.25. The summed E-state index contributed by atoms with van der Waals surface area (Å²) >= 11 is 12.2. The van der Waals surface area contributed by atoms with Gasteiger partial charge in [-0.25, -0.2) is 8.42 Å². The molecule has 0 bridgehead atoms. The number of esters is 1. The van der Waals surface area contributed by atoms with Crippen molar-refractivity contribution in [2.24, 2.45) is 0 Å². The van der Waals surface area contributed by atoms with Gasteiger partial charge in [-0.05, 0) is 29.8 Å². The molecule has 0 radical (unpaired) electrons. The lowest BCUT2D eigenvalue weighted by atomic mass is 10.0. The summed E-state index contributed by atoms with van der Waals surface area (Å²) in [5.41, 5.74) is 0.531. The summed E-state index contributed by atoms with van der Waals surface area (Å²) in [4.78, 5) is 29.1. The van der Waals surface area contributed by atoms with E-state index in [1.54, 1.807) is 24.3 Å². The number of ether oxygens (including phenoxy) is 1. The normalized spacial score (nSPS) is 12.5. The van der Waals surface area contributed by atoms with Crippen molar-refractivity contribution in [1.82, 2.24) is 9.79 Å². The Morgan fingerprint density at radius 1 is 1.10 bits per heavy atom. The van der Waals surface area contributed by atoms with Gasteiger partial charge in [-0.15, -0.1) is 0 Å². The molecule has 0 aliphatic rings. The van der Waals surface area contributed by atoms with Crippen molar-refractivity contribution in [3.05, 3.63) is 63.6 Å². The minimum Gasteiger partial charge on any atom is -0.469 e. The third kappa shape index (κ3) is 5.50. The minimum absolute atomic E-state index is 0.0180. The van der Waals surface area contributed by atoms with Crippen molar-refractivity contribution < 1.29 is 27.6 Å². The van der Waals surface area contributed by atoms with E-state index < -0.39 is 27.9 Å². The first-order valence-electron chi connectivity index (χ1n) is 8.56. The first kappa shape index (κ1) is 24.1. The fourth-order valence-electron chi connectivity index (χ4n) is 2.57. The summed E-state index contributed by atoms with van der Waals surface area (Å²) in [5.74, 6) is -1.18. The lowest BCUT2D eigenvalue weighted by molar-refractivity contribution is -0.141. The van der Waals surface area contributed by atoms with E-state index in [1.807, 2.05) is 0 Å². The molecule has 1 N–H and O–H groups in total. The van der Waals surface area contributed by atoms with Crippen LogP contribution in [-0.2, 0) is 24.4 Å². The van der Waals surface area contributed by atoms with Crippen molar-refractivity contribution >= 4 is 45.1 Å². The Morgan fingerprint density at radius 2 is 1.77 bits per heavy atom. The fraction of sp³-hybridized carbons (Fsp3) is 0.263. The summed E-state index contributed by atoms with van der Waals surface area (Å²) in [5, 5.41) is 2.97. The van der Waals surface area contributed by atoms with Crippen molar-refractivity contribution in [3.63, 3.8) is 0 Å². The molecule has 2 aromatic carbocycles. The molecular formula is C19H20Cl2N2O6S. The van der Waals surface area contributed by atoms with Crippen LogP contribution in [0.15, 0.2) is 47.4 Å². The second-order valence-electron chi connectivity index (χ2n) is 6.07. The molecule has 30 heavy (non-hydrogen) atoms. The van der Waals surface area contributed by atoms with Crippen molar-refractivity contribution in [2.75, 3.05) is 21.3 Å². The molecule has 1 amide bonds. The lowest BCUT2D eigenvalue weighted by Gasteiger charge is -2.20. The van der Waals surface area contributed by atoms with Gasteiger partial charge < -0.3 is 10.1 Å². The second-order valence-corrected chi connectivity index (χ2v) is 8.79. The number of hydrogen-bond donors (Lipinski definition) is 1. The molecule has 2 aromatic rings. The predicted molar refractivity (Wildman–Crippen MR) is 112 cm³/mol. The molecule has 0 saturated carbocycles. The van der Waals surface area contributed by atoms with E-state index in [0.717, 1.165) is 6.07 Å². The molecule has 0 spiro atoms. The van der Waals surface area contributed by atoms with Crippen molar-refractivity contribution in [2.45, 2.75) is 17.4 Å². The molecule has 1 unspecified atom stereocenters. The van der Waals surface area contributed by atoms with Crippen LogP contribution in [0.4, 0.5) is 0 Å². The van der Waals surface area contributed by atoms with Gasteiger partial charge in [0.25, 0.3) is 15.9 Å². The smallest absolute Gasteiger partial charge is 0.307 e. The minimum atomic E-state index is -4.08. The number of carbonyl (C=O) groups is 2. The number of methoxy groups -OCH3 is 1. The monoisotopic (exact) mass is 474 g/mol. The molecule has 0 aromatic heterocycles. The van der Waals surface area contributed by atoms with Crippen molar-refractivity contribution in [3.8, 4) is 0 Å². The van der Waals surface area contributed by atoms with E-state index in [4.69, 9.17) is 32.8 Å². The Balaban J connectivity index is 2.40. The number of amides is 1. The highest BCUT2D eigenvalue weighted by atomic mass is 35.5. The van der Waals surface area contributed by atoms with Gasteiger partial charge in [-0.2, -0.15) is 0 Å². The highest BCUT2D eigenvalue weighted by Gasteiger charge is 2.27. The van der Waals surface area contributed by atoms with Crippen LogP contribution in [0.25, 0.3) is 0 Å². The maximum absolute atomic E-state index is 12.9. The van der Waals surface area contributed by atoms with Crippen LogP contribution in [0.2, 0.25) is 10.0 Å². The summed E-state index contributed by atoms with van der Waals surface area (Å²) in [6, 6.07) is 9.71. The quantitative estimate of drug-likeness (QED) is 0.465. The van der Waals surface area contributed by atoms with Crippen LogP contribution in [0.5, 0.6) is 0 Å². The van der Waals surface area contributed by atoms with Crippen LogP contribution >= 0.6 is 23.2 Å². The number of hydrogen-bond acceptors (Lipinski definition) is 6. The van der Waals surface area contributed by atoms with E-state index in [1.165, 1.54) is 33.4 Å². The number of carbonyl (C=O) groups excluding carboxylic acids is 2. The van der Waals surface area contributed by atoms with Gasteiger partial charge in [0.15, 0.2) is 0 Å². The molecule has 0 aliphatic carbocycles. The standard InChI is InChI=1S/C19H20Cl2N2O6S/c1-23(29-3)30(26,27)17-10-12(8-9-15(17)21)19(25)22-16(11-18(24)28-2)13-6-4-5-7-14(13)20/h4-10,16H,11H2,1-3H3,(H,22,25). The molecule has 162 valence electrons. The molecule has 0 fully saturated rings. The number of hydroxylamine groups is 1. The number of sulfonamides is 1. The summed E-state index contributed by atoms with van der Waals surface area (Å²) < 4.78 is 30.4. The molecule has 0 heterocycles. The Kier molecular flexibility index (Phi) is 8.22. The highest BCUT2D eigenvalue weighted by molar-refractivity contribution is 7.89. The van der Waals surface area contributed by atoms with Crippen LogP contribution in [0.3, 0.4) is 0 Å². The van der Waals surface area contributed by atoms with Gasteiger partial charge in [-0.1, -0.05) is 45.9 Å². The first-order chi connectivity index (χ1) is 14.1. The van der Waals surface area contributed by atoms with Crippen LogP contribution in [-0.4, -0.2) is 46.0 Å². The van der Waals surface area contributed by atoms with E-state index in [0.29, 0.717) is 15.1 Å². The number of benzene rings is 2. The lowest BCUT2D eigenvalue weighted by Crippen LogP contribution is -2.31. The molecule has 0 saturated heterocycles. The largest absolute Gasteiger partial charge is 0.469 e. The van der Waals surface area contributed by atoms with Gasteiger partial charge >= 0.3 is 5.97 Å². The van der Waals surface area contributed by atoms with Crippen molar-refractivity contribution in [1.29, 1.82) is 0 Å². The average molecular weight is 475 g/mol. The zero-order valence-electron chi connectivity index (χ0n) is 16.4. The Hall–Kier alpha value is -2.17. The Bertz CT molecular complexity index is 1050. The summed E-state index contributed by atoms with van der Waals surface area (Å²) in [6.07, 6.45) is -0.170. The number of rotatable bonds is 8. The van der Waals surface area contributed by atoms with Gasteiger partial charge in [0, 0.05) is 17.6 Å². The molecular weight excluding hydrogens is 455 g/mol. The predicted octanol–water partition coefficient (Wildman–Crippen LogP) is 3.21. The van der Waals surface area contributed by atoms with E-state index >= 15 is 0 Å². The average Bonchev–Trinajstić information content (AvgIpc) is 2.72. The maximum Gasteiger partial charge on any atom is 0.307 e. The maximum atomic E-state index is 12.9. The van der Waals surface area contributed by atoms with Gasteiger partial charge in [-0.3, -0.25) is 14.4 Å². The molecule has 0 aliphatic heterocycles. The van der Waals surface area contributed by atoms with E-state index in [9.17, 15) is 18.0 Å². The first-order valence-corrected chi connectivity index (χ1v) is 10.8. The Labute approximate surface area is 184 Å². The van der Waals surface area contributed by atoms with Gasteiger partial charge in [0.05, 0.1) is 31.7 Å². The molecule has 1 atom stereocenters. The molecule has 11 heteroatoms. The van der Waals surface area contributed by atoms with Gasteiger partial charge in [0.2, 0.25) is 0 Å². The van der Waals surface area contributed by atoms with E-state index in [-0.39, 0.29) is 21.9 Å². The van der Waals surface area contributed by atoms with Crippen LogP contribution in [0.1, 0.15) is 28.4 Å². The zero-order valence-corrected chi connectivity index (χ0v) is 18.7. The third-order valence-corrected chi connectivity index (χ3v) is 6.76. The number of nitrogens with zero attached hydrogens (tertiary/aromatic N) is 1. The number of halogens is 2.